The highest BCUT2D eigenvalue weighted by Crippen LogP contribution is 2.24. The van der Waals surface area contributed by atoms with Gasteiger partial charge in [-0.3, -0.25) is 0 Å². The first-order chi connectivity index (χ1) is 12.1. The molecule has 1 unspecified atom stereocenters. The molecule has 0 aromatic heterocycles. The van der Waals surface area contributed by atoms with Crippen molar-refractivity contribution >= 4 is 11.3 Å². The Bertz CT molecular complexity index is 658. The molecule has 2 aromatic carbocycles. The number of aliphatic hydroxyl groups excluding tert-OH is 1. The Kier molecular flexibility index (Phi) is 7.75. The normalized spacial score (nSPS) is 13.3. The second kappa shape index (κ2) is 10.0. The Labute approximate surface area is 152 Å². The molecule has 0 aliphatic rings. The fourth-order valence-corrected chi connectivity index (χ4v) is 3.07. The zero-order valence-electron chi connectivity index (χ0n) is 15.8. The van der Waals surface area contributed by atoms with E-state index in [2.05, 4.69) is 80.7 Å². The van der Waals surface area contributed by atoms with Crippen LogP contribution in [0.5, 0.6) is 0 Å². The number of benzene rings is 2. The van der Waals surface area contributed by atoms with Gasteiger partial charge in [0.05, 0.1) is 0 Å². The van der Waals surface area contributed by atoms with Crippen LogP contribution in [0.2, 0.25) is 0 Å². The third-order valence-electron chi connectivity index (χ3n) is 4.78. The molecule has 2 rings (SSSR count). The van der Waals surface area contributed by atoms with Crippen LogP contribution in [0.3, 0.4) is 0 Å². The predicted molar refractivity (Wildman–Crippen MR) is 109 cm³/mol. The highest BCUT2D eigenvalue weighted by molar-refractivity contribution is 5.66. The van der Waals surface area contributed by atoms with Gasteiger partial charge in [-0.05, 0) is 69.7 Å². The van der Waals surface area contributed by atoms with Crippen molar-refractivity contribution in [2.24, 2.45) is 0 Å². The molecule has 0 heterocycles. The third kappa shape index (κ3) is 6.39. The summed E-state index contributed by atoms with van der Waals surface area (Å²) >= 11 is 0. The molecule has 0 bridgehead atoms. The second-order valence-electron chi connectivity index (χ2n) is 6.90. The molecule has 0 fully saturated rings. The lowest BCUT2D eigenvalue weighted by Gasteiger charge is -2.22. The first-order valence-electron chi connectivity index (χ1n) is 9.26. The number of hydrogen-bond acceptors (Lipinski definition) is 2. The van der Waals surface area contributed by atoms with Gasteiger partial charge in [-0.25, -0.2) is 0 Å². The minimum atomic E-state index is 0.273. The van der Waals surface area contributed by atoms with E-state index in [-0.39, 0.29) is 6.61 Å². The number of aryl methyl sites for hydroxylation is 1. The average Bonchev–Trinajstić information content (AvgIpc) is 2.63. The van der Waals surface area contributed by atoms with E-state index >= 15 is 0 Å². The van der Waals surface area contributed by atoms with E-state index in [1.165, 1.54) is 28.0 Å². The SMILES string of the molecule is C/C(CC(CCCCO)Nc1ccc(C)cc1)=C(/C)c1ccccc1. The number of rotatable bonds is 9. The minimum Gasteiger partial charge on any atom is -0.396 e. The van der Waals surface area contributed by atoms with Crippen molar-refractivity contribution in [2.75, 3.05) is 11.9 Å². The van der Waals surface area contributed by atoms with Gasteiger partial charge < -0.3 is 10.4 Å². The van der Waals surface area contributed by atoms with Crippen LogP contribution in [0.15, 0.2) is 60.2 Å². The van der Waals surface area contributed by atoms with Crippen molar-refractivity contribution in [1.82, 2.24) is 0 Å². The lowest BCUT2D eigenvalue weighted by Crippen LogP contribution is -2.20. The van der Waals surface area contributed by atoms with Gasteiger partial charge in [-0.15, -0.1) is 0 Å². The molecule has 0 saturated carbocycles. The minimum absolute atomic E-state index is 0.273. The first kappa shape index (κ1) is 19.3. The maximum Gasteiger partial charge on any atom is 0.0431 e. The Balaban J connectivity index is 2.10. The molecule has 134 valence electrons. The Hall–Kier alpha value is -2.06. The van der Waals surface area contributed by atoms with E-state index in [1.807, 2.05) is 0 Å². The zero-order valence-corrected chi connectivity index (χ0v) is 15.8. The second-order valence-corrected chi connectivity index (χ2v) is 6.90. The average molecular weight is 338 g/mol. The van der Waals surface area contributed by atoms with Crippen LogP contribution in [0.1, 0.15) is 50.7 Å². The number of allylic oxidation sites excluding steroid dienone is 1. The third-order valence-corrected chi connectivity index (χ3v) is 4.78. The molecule has 0 aliphatic heterocycles. The van der Waals surface area contributed by atoms with Crippen molar-refractivity contribution in [2.45, 2.75) is 52.5 Å². The van der Waals surface area contributed by atoms with Crippen molar-refractivity contribution in [3.05, 3.63) is 71.3 Å². The molecule has 0 saturated heterocycles. The van der Waals surface area contributed by atoms with Gasteiger partial charge in [0.1, 0.15) is 0 Å². The summed E-state index contributed by atoms with van der Waals surface area (Å²) < 4.78 is 0. The molecule has 25 heavy (non-hydrogen) atoms. The van der Waals surface area contributed by atoms with Crippen molar-refractivity contribution in [1.29, 1.82) is 0 Å². The molecule has 0 amide bonds. The van der Waals surface area contributed by atoms with E-state index < -0.39 is 0 Å². The maximum atomic E-state index is 9.09. The lowest BCUT2D eigenvalue weighted by atomic mass is 9.95. The molecule has 0 spiro atoms. The summed E-state index contributed by atoms with van der Waals surface area (Å²) in [5.41, 5.74) is 6.52. The van der Waals surface area contributed by atoms with Gasteiger partial charge in [0, 0.05) is 18.3 Å². The van der Waals surface area contributed by atoms with Gasteiger partial charge in [0.25, 0.3) is 0 Å². The van der Waals surface area contributed by atoms with Crippen LogP contribution in [0.25, 0.3) is 5.57 Å². The number of nitrogens with one attached hydrogen (secondary N) is 1. The molecule has 2 aromatic rings. The number of hydrogen-bond donors (Lipinski definition) is 2. The van der Waals surface area contributed by atoms with Crippen LogP contribution in [0.4, 0.5) is 5.69 Å². The van der Waals surface area contributed by atoms with Gasteiger partial charge >= 0.3 is 0 Å². The smallest absolute Gasteiger partial charge is 0.0431 e. The van der Waals surface area contributed by atoms with E-state index in [9.17, 15) is 0 Å². The van der Waals surface area contributed by atoms with E-state index in [1.54, 1.807) is 0 Å². The molecular weight excluding hydrogens is 306 g/mol. The van der Waals surface area contributed by atoms with Crippen molar-refractivity contribution in [3.8, 4) is 0 Å². The van der Waals surface area contributed by atoms with Crippen LogP contribution < -0.4 is 5.32 Å². The van der Waals surface area contributed by atoms with Crippen LogP contribution in [0, 0.1) is 6.92 Å². The lowest BCUT2D eigenvalue weighted by molar-refractivity contribution is 0.281. The van der Waals surface area contributed by atoms with Gasteiger partial charge in [0.2, 0.25) is 0 Å². The molecule has 2 heteroatoms. The summed E-state index contributed by atoms with van der Waals surface area (Å²) in [6.07, 6.45) is 3.98. The Morgan fingerprint density at radius 1 is 0.960 bits per heavy atom. The summed E-state index contributed by atoms with van der Waals surface area (Å²) in [7, 11) is 0. The van der Waals surface area contributed by atoms with Crippen LogP contribution in [-0.4, -0.2) is 17.8 Å². The summed E-state index contributed by atoms with van der Waals surface area (Å²) in [5.74, 6) is 0. The molecule has 2 nitrogen and oxygen atoms in total. The Morgan fingerprint density at radius 3 is 2.28 bits per heavy atom. The molecule has 0 radical (unpaired) electrons. The molecule has 0 aliphatic carbocycles. The largest absolute Gasteiger partial charge is 0.396 e. The summed E-state index contributed by atoms with van der Waals surface area (Å²) in [5, 5.41) is 12.8. The topological polar surface area (TPSA) is 32.3 Å². The van der Waals surface area contributed by atoms with Gasteiger partial charge in [0.15, 0.2) is 0 Å². The predicted octanol–water partition coefficient (Wildman–Crippen LogP) is 5.82. The van der Waals surface area contributed by atoms with Crippen molar-refractivity contribution in [3.63, 3.8) is 0 Å². The van der Waals surface area contributed by atoms with E-state index in [4.69, 9.17) is 5.11 Å². The molecule has 2 N–H and O–H groups in total. The summed E-state index contributed by atoms with van der Waals surface area (Å²) in [4.78, 5) is 0. The zero-order chi connectivity index (χ0) is 18.1. The fourth-order valence-electron chi connectivity index (χ4n) is 3.07. The van der Waals surface area contributed by atoms with Crippen LogP contribution in [-0.2, 0) is 0 Å². The maximum absolute atomic E-state index is 9.09. The van der Waals surface area contributed by atoms with Gasteiger partial charge in [-0.1, -0.05) is 53.6 Å². The summed E-state index contributed by atoms with van der Waals surface area (Å²) in [6.45, 7) is 6.83. The highest BCUT2D eigenvalue weighted by Gasteiger charge is 2.11. The van der Waals surface area contributed by atoms with E-state index in [0.717, 1.165) is 25.7 Å². The quantitative estimate of drug-likeness (QED) is 0.565. The van der Waals surface area contributed by atoms with Gasteiger partial charge in [-0.2, -0.15) is 0 Å². The Morgan fingerprint density at radius 2 is 1.64 bits per heavy atom. The monoisotopic (exact) mass is 337 g/mol. The standard InChI is InChI=1S/C23H31NO/c1-18-12-14-22(15-13-18)24-23(11-7-8-16-25)17-19(2)20(3)21-9-5-4-6-10-21/h4-6,9-10,12-15,23-25H,7-8,11,16-17H2,1-3H3/b20-19+. The van der Waals surface area contributed by atoms with Crippen LogP contribution >= 0.6 is 0 Å². The molecule has 1 atom stereocenters. The van der Waals surface area contributed by atoms with Crippen molar-refractivity contribution < 1.29 is 5.11 Å². The van der Waals surface area contributed by atoms with E-state index in [0.29, 0.717) is 6.04 Å². The summed E-state index contributed by atoms with van der Waals surface area (Å²) in [6, 6.07) is 19.6. The number of aliphatic hydroxyl groups is 1. The molecular formula is C23H31NO. The number of unbranched alkanes of at least 4 members (excludes halogenated alkanes) is 1. The highest BCUT2D eigenvalue weighted by atomic mass is 16.2. The number of anilines is 1. The fraction of sp³-hybridized carbons (Fsp3) is 0.391. The first-order valence-corrected chi connectivity index (χ1v) is 9.26.